The predicted octanol–water partition coefficient (Wildman–Crippen LogP) is 3.97. The molecule has 28 heavy (non-hydrogen) atoms. The van der Waals surface area contributed by atoms with Crippen LogP contribution in [0.2, 0.25) is 10.0 Å². The van der Waals surface area contributed by atoms with Crippen molar-refractivity contribution >= 4 is 54.6 Å². The van der Waals surface area contributed by atoms with Gasteiger partial charge < -0.3 is 0 Å². The minimum Gasteiger partial charge on any atom is -0.211 e. The average Bonchev–Trinajstić information content (AvgIpc) is 3.19. The zero-order valence-corrected chi connectivity index (χ0v) is 18.8. The zero-order valence-electron chi connectivity index (χ0n) is 14.8. The Morgan fingerprint density at radius 2 is 1.93 bits per heavy atom. The highest BCUT2D eigenvalue weighted by atomic mass is 35.5. The van der Waals surface area contributed by atoms with Gasteiger partial charge in [0.1, 0.15) is 9.10 Å². The quantitative estimate of drug-likeness (QED) is 0.646. The first-order valence-corrected chi connectivity index (χ1v) is 13.3. The fourth-order valence-corrected chi connectivity index (χ4v) is 7.88. The standard InChI is InChI=1S/C17H20Cl2N2O4S3/c18-13-6-7-15(19)16(12-13)27(22,23)20-9-8-14-4-1-2-10-21(14)28(24,25)17-5-3-11-26-17/h3,5-7,11-12,14,20H,1-2,4,8-10H2. The number of halogens is 2. The third-order valence-electron chi connectivity index (χ3n) is 4.58. The number of sulfonamides is 2. The van der Waals surface area contributed by atoms with Crippen molar-refractivity contribution < 1.29 is 16.8 Å². The Morgan fingerprint density at radius 1 is 1.14 bits per heavy atom. The largest absolute Gasteiger partial charge is 0.252 e. The van der Waals surface area contributed by atoms with Crippen LogP contribution < -0.4 is 4.72 Å². The van der Waals surface area contributed by atoms with Gasteiger partial charge in [-0.15, -0.1) is 11.3 Å². The first kappa shape index (κ1) is 22.0. The Kier molecular flexibility index (Phi) is 7.07. The maximum absolute atomic E-state index is 12.9. The first-order chi connectivity index (χ1) is 13.2. The summed E-state index contributed by atoms with van der Waals surface area (Å²) < 4.78 is 55.2. The van der Waals surface area contributed by atoms with Crippen LogP contribution >= 0.6 is 34.5 Å². The fraction of sp³-hybridized carbons (Fsp3) is 0.412. The van der Waals surface area contributed by atoms with E-state index in [1.807, 2.05) is 0 Å². The van der Waals surface area contributed by atoms with Crippen LogP contribution in [0.1, 0.15) is 25.7 Å². The van der Waals surface area contributed by atoms with Crippen molar-refractivity contribution in [3.63, 3.8) is 0 Å². The summed E-state index contributed by atoms with van der Waals surface area (Å²) in [6, 6.07) is 7.28. The van der Waals surface area contributed by atoms with E-state index in [4.69, 9.17) is 23.2 Å². The van der Waals surface area contributed by atoms with Crippen molar-refractivity contribution in [1.29, 1.82) is 0 Å². The Balaban J connectivity index is 1.70. The zero-order chi connectivity index (χ0) is 20.4. The van der Waals surface area contributed by atoms with Crippen molar-refractivity contribution in [3.05, 3.63) is 45.8 Å². The van der Waals surface area contributed by atoms with E-state index in [9.17, 15) is 16.8 Å². The summed E-state index contributed by atoms with van der Waals surface area (Å²) in [7, 11) is -7.40. The van der Waals surface area contributed by atoms with E-state index in [2.05, 4.69) is 4.72 Å². The van der Waals surface area contributed by atoms with Crippen molar-refractivity contribution in [1.82, 2.24) is 9.03 Å². The van der Waals surface area contributed by atoms with Crippen LogP contribution in [0.5, 0.6) is 0 Å². The van der Waals surface area contributed by atoms with Gasteiger partial charge in [0.2, 0.25) is 10.0 Å². The summed E-state index contributed by atoms with van der Waals surface area (Å²) >= 11 is 13.0. The summed E-state index contributed by atoms with van der Waals surface area (Å²) in [5.74, 6) is 0. The molecule has 1 atom stereocenters. The SMILES string of the molecule is O=S(=O)(NCCC1CCCCN1S(=O)(=O)c1cccs1)c1cc(Cl)ccc1Cl. The molecule has 0 aliphatic carbocycles. The molecule has 0 spiro atoms. The molecule has 1 aromatic carbocycles. The van der Waals surface area contributed by atoms with E-state index in [1.165, 1.54) is 33.8 Å². The van der Waals surface area contributed by atoms with Crippen molar-refractivity contribution in [3.8, 4) is 0 Å². The summed E-state index contributed by atoms with van der Waals surface area (Å²) in [6.07, 6.45) is 2.78. The first-order valence-electron chi connectivity index (χ1n) is 8.72. The second-order valence-electron chi connectivity index (χ2n) is 6.46. The minimum absolute atomic E-state index is 0.0801. The number of hydrogen-bond acceptors (Lipinski definition) is 5. The monoisotopic (exact) mass is 482 g/mol. The summed E-state index contributed by atoms with van der Waals surface area (Å²) in [5.41, 5.74) is 0. The van der Waals surface area contributed by atoms with Crippen molar-refractivity contribution in [2.45, 2.75) is 40.8 Å². The molecule has 6 nitrogen and oxygen atoms in total. The number of nitrogens with one attached hydrogen (secondary N) is 1. The van der Waals surface area contributed by atoms with Crippen LogP contribution in [-0.2, 0) is 20.0 Å². The molecule has 1 aliphatic rings. The van der Waals surface area contributed by atoms with Gasteiger partial charge in [0, 0.05) is 24.2 Å². The lowest BCUT2D eigenvalue weighted by Gasteiger charge is -2.34. The Labute approximate surface area is 179 Å². The third-order valence-corrected chi connectivity index (χ3v) is 10.1. The molecule has 1 aliphatic heterocycles. The summed E-state index contributed by atoms with van der Waals surface area (Å²) in [6.45, 7) is 0.546. The van der Waals surface area contributed by atoms with E-state index in [-0.39, 0.29) is 27.5 Å². The molecule has 0 amide bonds. The smallest absolute Gasteiger partial charge is 0.211 e. The normalized spacial score (nSPS) is 19.0. The Morgan fingerprint density at radius 3 is 2.64 bits per heavy atom. The molecule has 154 valence electrons. The van der Waals surface area contributed by atoms with Crippen LogP contribution in [-0.4, -0.2) is 40.3 Å². The van der Waals surface area contributed by atoms with Gasteiger partial charge in [-0.3, -0.25) is 0 Å². The average molecular weight is 483 g/mol. The van der Waals surface area contributed by atoms with Crippen molar-refractivity contribution in [2.24, 2.45) is 0 Å². The molecule has 3 rings (SSSR count). The van der Waals surface area contributed by atoms with Crippen LogP contribution in [0.25, 0.3) is 0 Å². The molecule has 1 saturated heterocycles. The molecule has 1 N–H and O–H groups in total. The highest BCUT2D eigenvalue weighted by molar-refractivity contribution is 7.91. The molecule has 1 aromatic heterocycles. The number of benzene rings is 1. The molecular formula is C17H20Cl2N2O4S3. The third kappa shape index (κ3) is 4.89. The fourth-order valence-electron chi connectivity index (χ4n) is 3.23. The van der Waals surface area contributed by atoms with E-state index >= 15 is 0 Å². The minimum atomic E-state index is -3.84. The molecule has 0 bridgehead atoms. The summed E-state index contributed by atoms with van der Waals surface area (Å²) in [4.78, 5) is -0.0895. The van der Waals surface area contributed by atoms with Gasteiger partial charge in [-0.05, 0) is 48.9 Å². The molecule has 0 radical (unpaired) electrons. The van der Waals surface area contributed by atoms with Crippen LogP contribution in [0.4, 0.5) is 0 Å². The molecule has 2 aromatic rings. The maximum Gasteiger partial charge on any atom is 0.252 e. The molecule has 2 heterocycles. The Bertz CT molecular complexity index is 1020. The van der Waals surface area contributed by atoms with Crippen LogP contribution in [0, 0.1) is 0 Å². The number of piperidine rings is 1. The van der Waals surface area contributed by atoms with Gasteiger partial charge in [0.05, 0.1) is 5.02 Å². The van der Waals surface area contributed by atoms with E-state index in [1.54, 1.807) is 17.5 Å². The molecule has 11 heteroatoms. The highest BCUT2D eigenvalue weighted by Crippen LogP contribution is 2.29. The lowest BCUT2D eigenvalue weighted by molar-refractivity contribution is 0.242. The number of rotatable bonds is 7. The lowest BCUT2D eigenvalue weighted by atomic mass is 10.0. The summed E-state index contributed by atoms with van der Waals surface area (Å²) in [5, 5.41) is 2.08. The Hall–Kier alpha value is -0.680. The topological polar surface area (TPSA) is 83.6 Å². The van der Waals surface area contributed by atoms with Gasteiger partial charge in [0.25, 0.3) is 10.0 Å². The van der Waals surface area contributed by atoms with Crippen molar-refractivity contribution in [2.75, 3.05) is 13.1 Å². The molecule has 1 fully saturated rings. The van der Waals surface area contributed by atoms with Crippen LogP contribution in [0.15, 0.2) is 44.8 Å². The second kappa shape index (κ2) is 8.99. The highest BCUT2D eigenvalue weighted by Gasteiger charge is 2.34. The van der Waals surface area contributed by atoms with Crippen LogP contribution in [0.3, 0.4) is 0 Å². The number of nitrogens with zero attached hydrogens (tertiary/aromatic N) is 1. The van der Waals surface area contributed by atoms with Gasteiger partial charge in [-0.1, -0.05) is 35.7 Å². The van der Waals surface area contributed by atoms with Gasteiger partial charge >= 0.3 is 0 Å². The van der Waals surface area contributed by atoms with E-state index in [0.29, 0.717) is 23.6 Å². The van der Waals surface area contributed by atoms with E-state index in [0.717, 1.165) is 12.8 Å². The molecular weight excluding hydrogens is 463 g/mol. The lowest BCUT2D eigenvalue weighted by Crippen LogP contribution is -2.44. The van der Waals surface area contributed by atoms with E-state index < -0.39 is 20.0 Å². The van der Waals surface area contributed by atoms with Gasteiger partial charge in [-0.2, -0.15) is 4.31 Å². The molecule has 1 unspecified atom stereocenters. The number of hydrogen-bond donors (Lipinski definition) is 1. The van der Waals surface area contributed by atoms with Gasteiger partial charge in [0.15, 0.2) is 0 Å². The maximum atomic E-state index is 12.9. The number of thiophene rings is 1. The molecule has 0 saturated carbocycles. The van der Waals surface area contributed by atoms with Gasteiger partial charge in [-0.25, -0.2) is 21.6 Å². The predicted molar refractivity (Wildman–Crippen MR) is 112 cm³/mol. The second-order valence-corrected chi connectivity index (χ2v) is 12.1.